The number of hydrogen-bond acceptors (Lipinski definition) is 4. The molecule has 34 heavy (non-hydrogen) atoms. The quantitative estimate of drug-likeness (QED) is 0.313. The van der Waals surface area contributed by atoms with Gasteiger partial charge in [-0.25, -0.2) is 4.90 Å². The smallest absolute Gasteiger partial charge is 0.323 e. The van der Waals surface area contributed by atoms with Gasteiger partial charge in [0.1, 0.15) is 11.7 Å². The Labute approximate surface area is 198 Å². The average Bonchev–Trinajstić information content (AvgIpc) is 3.54. The minimum Gasteiger partial charge on any atom is -0.426 e. The van der Waals surface area contributed by atoms with Crippen LogP contribution in [0.15, 0.2) is 84.9 Å². The fourth-order valence-electron chi connectivity index (χ4n) is 6.28. The lowest BCUT2D eigenvalue weighted by atomic mass is 9.81. The number of anilines is 1. The minimum absolute atomic E-state index is 0.0999. The van der Waals surface area contributed by atoms with Gasteiger partial charge >= 0.3 is 5.97 Å². The van der Waals surface area contributed by atoms with Crippen molar-refractivity contribution < 1.29 is 19.1 Å². The van der Waals surface area contributed by atoms with Gasteiger partial charge in [-0.05, 0) is 54.4 Å². The molecular formula is C29H25NO4. The molecule has 3 aliphatic rings. The van der Waals surface area contributed by atoms with Crippen LogP contribution in [0, 0.1) is 23.7 Å². The maximum atomic E-state index is 13.4. The number of carbonyl (C=O) groups excluding carboxylic acids is 3. The number of amides is 2. The number of fused-ring (bicyclic) bond motifs is 5. The summed E-state index contributed by atoms with van der Waals surface area (Å²) in [6.45, 7) is 0. The molecule has 170 valence electrons. The molecule has 0 radical (unpaired) electrons. The normalized spacial score (nSPS) is 25.1. The van der Waals surface area contributed by atoms with Gasteiger partial charge in [0.25, 0.3) is 0 Å². The Morgan fingerprint density at radius 2 is 1.32 bits per heavy atom. The van der Waals surface area contributed by atoms with Crippen molar-refractivity contribution in [3.8, 4) is 5.75 Å². The molecule has 0 aromatic heterocycles. The Hall–Kier alpha value is -3.73. The summed E-state index contributed by atoms with van der Waals surface area (Å²) in [7, 11) is 0. The van der Waals surface area contributed by atoms with Gasteiger partial charge in [0.2, 0.25) is 11.8 Å². The Morgan fingerprint density at radius 1 is 0.765 bits per heavy atom. The number of imide groups is 1. The highest BCUT2D eigenvalue weighted by Crippen LogP contribution is 2.56. The predicted octanol–water partition coefficient (Wildman–Crippen LogP) is 4.96. The van der Waals surface area contributed by atoms with Crippen molar-refractivity contribution in [2.24, 2.45) is 23.7 Å². The fraction of sp³-hybridized carbons (Fsp3) is 0.276. The van der Waals surface area contributed by atoms with Crippen LogP contribution in [0.25, 0.3) is 0 Å². The molecule has 1 saturated heterocycles. The van der Waals surface area contributed by atoms with Crippen LogP contribution >= 0.6 is 0 Å². The zero-order valence-corrected chi connectivity index (χ0v) is 18.7. The largest absolute Gasteiger partial charge is 0.426 e. The SMILES string of the molecule is O=C(Oc1cccc(N2C(=O)[C@H]3[C@H]4CC[C@@H](C4)[C@@H]3C2=O)c1)C(c1ccccc1)c1ccccc1. The van der Waals surface area contributed by atoms with E-state index in [0.717, 1.165) is 30.4 Å². The number of hydrogen-bond donors (Lipinski definition) is 0. The second-order valence-corrected chi connectivity index (χ2v) is 9.57. The highest BCUT2D eigenvalue weighted by atomic mass is 16.5. The molecule has 3 aromatic rings. The monoisotopic (exact) mass is 451 g/mol. The summed E-state index contributed by atoms with van der Waals surface area (Å²) in [5.41, 5.74) is 2.15. The van der Waals surface area contributed by atoms with Gasteiger partial charge < -0.3 is 4.74 Å². The van der Waals surface area contributed by atoms with E-state index in [-0.39, 0.29) is 23.7 Å². The number of rotatable bonds is 5. The van der Waals surface area contributed by atoms with Crippen molar-refractivity contribution in [3.63, 3.8) is 0 Å². The van der Waals surface area contributed by atoms with E-state index < -0.39 is 11.9 Å². The number of esters is 1. The van der Waals surface area contributed by atoms with Gasteiger partial charge in [-0.3, -0.25) is 14.4 Å². The minimum atomic E-state index is -0.587. The first-order valence-electron chi connectivity index (χ1n) is 11.9. The number of carbonyl (C=O) groups is 3. The molecule has 0 unspecified atom stereocenters. The van der Waals surface area contributed by atoms with E-state index in [4.69, 9.17) is 4.74 Å². The van der Waals surface area contributed by atoms with Crippen LogP contribution in [0.2, 0.25) is 0 Å². The molecule has 5 nitrogen and oxygen atoms in total. The van der Waals surface area contributed by atoms with Gasteiger partial charge in [0.15, 0.2) is 0 Å². The zero-order chi connectivity index (χ0) is 23.2. The lowest BCUT2D eigenvalue weighted by Gasteiger charge is -2.19. The second-order valence-electron chi connectivity index (χ2n) is 9.57. The van der Waals surface area contributed by atoms with E-state index in [1.807, 2.05) is 60.7 Å². The lowest BCUT2D eigenvalue weighted by molar-refractivity contribution is -0.135. The standard InChI is InChI=1S/C29H25NO4/c31-27-25-20-14-15-21(16-20)26(25)28(32)30(27)22-12-7-13-23(17-22)34-29(33)24(18-8-3-1-4-9-18)19-10-5-2-6-11-19/h1-13,17,20-21,24-26H,14-16H2/t20-,21-,25-,26-/m0/s1. The molecular weight excluding hydrogens is 426 g/mol. The maximum Gasteiger partial charge on any atom is 0.323 e. The van der Waals surface area contributed by atoms with Gasteiger partial charge in [0.05, 0.1) is 17.5 Å². The number of nitrogens with zero attached hydrogens (tertiary/aromatic N) is 1. The van der Waals surface area contributed by atoms with Crippen molar-refractivity contribution in [3.05, 3.63) is 96.1 Å². The summed E-state index contributed by atoms with van der Waals surface area (Å²) in [5, 5.41) is 0. The molecule has 3 fully saturated rings. The molecule has 2 bridgehead atoms. The Bertz CT molecular complexity index is 1190. The molecule has 5 heteroatoms. The topological polar surface area (TPSA) is 63.7 Å². The zero-order valence-electron chi connectivity index (χ0n) is 18.7. The highest BCUT2D eigenvalue weighted by molar-refractivity contribution is 6.22. The predicted molar refractivity (Wildman–Crippen MR) is 127 cm³/mol. The molecule has 0 N–H and O–H groups in total. The number of benzene rings is 3. The maximum absolute atomic E-state index is 13.4. The summed E-state index contributed by atoms with van der Waals surface area (Å²) < 4.78 is 5.82. The van der Waals surface area contributed by atoms with Crippen LogP contribution in [-0.2, 0) is 14.4 Å². The summed E-state index contributed by atoms with van der Waals surface area (Å²) in [5.74, 6) is -0.588. The second kappa shape index (κ2) is 8.24. The van der Waals surface area contributed by atoms with Crippen LogP contribution in [0.4, 0.5) is 5.69 Å². The Morgan fingerprint density at radius 3 is 1.88 bits per heavy atom. The molecule has 1 heterocycles. The summed E-state index contributed by atoms with van der Waals surface area (Å²) in [6.07, 6.45) is 3.08. The first-order valence-corrected chi connectivity index (χ1v) is 11.9. The van der Waals surface area contributed by atoms with Crippen LogP contribution < -0.4 is 9.64 Å². The summed E-state index contributed by atoms with van der Waals surface area (Å²) in [4.78, 5) is 41.1. The fourth-order valence-corrected chi connectivity index (χ4v) is 6.28. The van der Waals surface area contributed by atoms with Crippen molar-refractivity contribution in [2.75, 3.05) is 4.90 Å². The van der Waals surface area contributed by atoms with Crippen molar-refractivity contribution >= 4 is 23.5 Å². The average molecular weight is 452 g/mol. The van der Waals surface area contributed by atoms with Crippen molar-refractivity contribution in [1.29, 1.82) is 0 Å². The first-order chi connectivity index (χ1) is 16.6. The third kappa shape index (κ3) is 3.35. The van der Waals surface area contributed by atoms with Gasteiger partial charge in [0, 0.05) is 6.07 Å². The number of ether oxygens (including phenoxy) is 1. The summed E-state index contributed by atoms with van der Waals surface area (Å²) >= 11 is 0. The van der Waals surface area contributed by atoms with E-state index in [9.17, 15) is 14.4 Å². The third-order valence-electron chi connectivity index (χ3n) is 7.72. The molecule has 1 aliphatic heterocycles. The van der Waals surface area contributed by atoms with Gasteiger partial charge in [-0.15, -0.1) is 0 Å². The molecule has 0 spiro atoms. The molecule has 2 amide bonds. The van der Waals surface area contributed by atoms with E-state index in [0.29, 0.717) is 23.3 Å². The first kappa shape index (κ1) is 20.8. The summed E-state index contributed by atoms with van der Waals surface area (Å²) in [6, 6.07) is 25.8. The Balaban J connectivity index is 1.28. The van der Waals surface area contributed by atoms with E-state index in [1.54, 1.807) is 24.3 Å². The van der Waals surface area contributed by atoms with Gasteiger partial charge in [-0.2, -0.15) is 0 Å². The molecule has 2 aliphatic carbocycles. The van der Waals surface area contributed by atoms with Crippen LogP contribution in [0.1, 0.15) is 36.3 Å². The molecule has 2 saturated carbocycles. The lowest BCUT2D eigenvalue weighted by Crippen LogP contribution is -2.32. The van der Waals surface area contributed by atoms with Crippen LogP contribution in [-0.4, -0.2) is 17.8 Å². The molecule has 3 aromatic carbocycles. The van der Waals surface area contributed by atoms with Crippen LogP contribution in [0.3, 0.4) is 0 Å². The van der Waals surface area contributed by atoms with Gasteiger partial charge in [-0.1, -0.05) is 66.7 Å². The van der Waals surface area contributed by atoms with Crippen LogP contribution in [0.5, 0.6) is 5.75 Å². The highest BCUT2D eigenvalue weighted by Gasteiger charge is 2.61. The Kier molecular flexibility index (Phi) is 5.05. The molecule has 6 rings (SSSR count). The van der Waals surface area contributed by atoms with E-state index in [2.05, 4.69) is 0 Å². The third-order valence-corrected chi connectivity index (χ3v) is 7.72. The van der Waals surface area contributed by atoms with Crippen molar-refractivity contribution in [1.82, 2.24) is 0 Å². The van der Waals surface area contributed by atoms with E-state index in [1.165, 1.54) is 4.90 Å². The van der Waals surface area contributed by atoms with Crippen molar-refractivity contribution in [2.45, 2.75) is 25.2 Å². The molecule has 4 atom stereocenters. The van der Waals surface area contributed by atoms with E-state index >= 15 is 0 Å².